The van der Waals surface area contributed by atoms with Crippen LogP contribution in [0.2, 0.25) is 12.1 Å². The minimum atomic E-state index is -1.97. The normalized spacial score (nSPS) is 12.0. The van der Waals surface area contributed by atoms with E-state index in [0.717, 1.165) is 13.2 Å². The molecule has 0 rings (SSSR count). The third-order valence-electron chi connectivity index (χ3n) is 6.14. The van der Waals surface area contributed by atoms with Gasteiger partial charge in [0.2, 0.25) is 0 Å². The molecule has 0 aromatic carbocycles. The zero-order valence-electron chi connectivity index (χ0n) is 20.9. The first kappa shape index (κ1) is 29.1. The second-order valence-electron chi connectivity index (χ2n) is 8.93. The third-order valence-corrected chi connectivity index (χ3v) is 10.00. The Bertz CT molecular complexity index is 279. The van der Waals surface area contributed by atoms with Crippen LogP contribution >= 0.6 is 0 Å². The second-order valence-corrected chi connectivity index (χ2v) is 12.3. The third kappa shape index (κ3) is 18.6. The first-order valence-corrected chi connectivity index (χ1v) is 15.8. The molecule has 0 aromatic heterocycles. The van der Waals surface area contributed by atoms with E-state index in [-0.39, 0.29) is 0 Å². The van der Waals surface area contributed by atoms with E-state index in [0.29, 0.717) is 0 Å². The maximum Gasteiger partial charge on any atom is 0.338 e. The summed E-state index contributed by atoms with van der Waals surface area (Å²) in [5.41, 5.74) is 0. The van der Waals surface area contributed by atoms with E-state index in [2.05, 4.69) is 27.7 Å². The number of rotatable bonds is 24. The predicted octanol–water partition coefficient (Wildman–Crippen LogP) is 9.56. The van der Waals surface area contributed by atoms with E-state index in [1.165, 1.54) is 128 Å². The number of hydrogen-bond donors (Lipinski definition) is 0. The molecule has 0 aliphatic rings. The molecular weight excluding hydrogens is 372 g/mol. The van der Waals surface area contributed by atoms with Crippen molar-refractivity contribution in [1.82, 2.24) is 0 Å². The lowest BCUT2D eigenvalue weighted by molar-refractivity contribution is 0.180. The first-order chi connectivity index (χ1) is 14.2. The number of unbranched alkanes of at least 4 members (excludes halogenated alkanes) is 16. The van der Waals surface area contributed by atoms with Gasteiger partial charge in [-0.2, -0.15) is 0 Å². The SMILES string of the molecule is CCCCCCCCCCC[Si](CCCCCCCCCCC)(OCC)OCC. The Kier molecular flexibility index (Phi) is 22.9. The lowest BCUT2D eigenvalue weighted by Crippen LogP contribution is -2.42. The van der Waals surface area contributed by atoms with Crippen molar-refractivity contribution in [3.05, 3.63) is 0 Å². The van der Waals surface area contributed by atoms with Gasteiger partial charge < -0.3 is 8.85 Å². The molecule has 2 nitrogen and oxygen atoms in total. The zero-order chi connectivity index (χ0) is 21.5. The lowest BCUT2D eigenvalue weighted by atomic mass is 10.1. The molecule has 0 bridgehead atoms. The van der Waals surface area contributed by atoms with E-state index >= 15 is 0 Å². The Morgan fingerprint density at radius 2 is 0.655 bits per heavy atom. The Morgan fingerprint density at radius 3 is 0.931 bits per heavy atom. The molecule has 176 valence electrons. The molecule has 0 N–H and O–H groups in total. The van der Waals surface area contributed by atoms with E-state index in [1.54, 1.807) is 0 Å². The van der Waals surface area contributed by atoms with Crippen LogP contribution in [0.1, 0.15) is 143 Å². The van der Waals surface area contributed by atoms with Crippen molar-refractivity contribution in [3.8, 4) is 0 Å². The summed E-state index contributed by atoms with van der Waals surface area (Å²) in [6.07, 6.45) is 25.1. The molecule has 0 aliphatic heterocycles. The van der Waals surface area contributed by atoms with Crippen molar-refractivity contribution in [3.63, 3.8) is 0 Å². The van der Waals surface area contributed by atoms with Gasteiger partial charge in [-0.25, -0.2) is 0 Å². The quantitative estimate of drug-likeness (QED) is 0.112. The first-order valence-electron chi connectivity index (χ1n) is 13.5. The number of hydrogen-bond acceptors (Lipinski definition) is 2. The van der Waals surface area contributed by atoms with Gasteiger partial charge in [0.25, 0.3) is 0 Å². The molecule has 0 atom stereocenters. The van der Waals surface area contributed by atoms with E-state index < -0.39 is 8.56 Å². The molecule has 29 heavy (non-hydrogen) atoms. The van der Waals surface area contributed by atoms with Gasteiger partial charge >= 0.3 is 8.56 Å². The smallest absolute Gasteiger partial charge is 0.338 e. The average molecular weight is 429 g/mol. The molecule has 0 unspecified atom stereocenters. The molecule has 0 spiro atoms. The highest BCUT2D eigenvalue weighted by atomic mass is 28.4. The summed E-state index contributed by atoms with van der Waals surface area (Å²) < 4.78 is 12.7. The van der Waals surface area contributed by atoms with Gasteiger partial charge in [-0.15, -0.1) is 0 Å². The lowest BCUT2D eigenvalue weighted by Gasteiger charge is -2.30. The standard InChI is InChI=1S/C26H56O2Si/c1-5-9-11-13-15-17-19-21-23-25-29(27-7-3,28-8-4)26-24-22-20-18-16-14-12-10-6-2/h5-26H2,1-4H3. The minimum Gasteiger partial charge on any atom is -0.394 e. The van der Waals surface area contributed by atoms with Crippen LogP contribution in [-0.4, -0.2) is 21.8 Å². The van der Waals surface area contributed by atoms with Crippen molar-refractivity contribution in [1.29, 1.82) is 0 Å². The molecule has 0 saturated heterocycles. The molecule has 0 radical (unpaired) electrons. The predicted molar refractivity (Wildman–Crippen MR) is 133 cm³/mol. The van der Waals surface area contributed by atoms with Crippen molar-refractivity contribution in [2.24, 2.45) is 0 Å². The largest absolute Gasteiger partial charge is 0.394 e. The Balaban J connectivity index is 3.96. The molecule has 3 heteroatoms. The minimum absolute atomic E-state index is 0.821. The van der Waals surface area contributed by atoms with E-state index in [1.807, 2.05) is 0 Å². The fourth-order valence-electron chi connectivity index (χ4n) is 4.39. The summed E-state index contributed by atoms with van der Waals surface area (Å²) in [5.74, 6) is 0. The van der Waals surface area contributed by atoms with Gasteiger partial charge in [0.05, 0.1) is 0 Å². The van der Waals surface area contributed by atoms with Crippen molar-refractivity contribution < 1.29 is 8.85 Å². The van der Waals surface area contributed by atoms with Crippen LogP contribution in [0.3, 0.4) is 0 Å². The topological polar surface area (TPSA) is 18.5 Å². The van der Waals surface area contributed by atoms with Crippen LogP contribution in [0.25, 0.3) is 0 Å². The average Bonchev–Trinajstić information content (AvgIpc) is 2.72. The molecule has 0 amide bonds. The summed E-state index contributed by atoms with van der Waals surface area (Å²) in [5, 5.41) is 0. The summed E-state index contributed by atoms with van der Waals surface area (Å²) in [6.45, 7) is 10.5. The summed E-state index contributed by atoms with van der Waals surface area (Å²) in [4.78, 5) is 0. The highest BCUT2D eigenvalue weighted by molar-refractivity contribution is 6.67. The molecule has 0 heterocycles. The summed E-state index contributed by atoms with van der Waals surface area (Å²) in [7, 11) is -1.97. The van der Waals surface area contributed by atoms with Crippen molar-refractivity contribution in [2.45, 2.75) is 155 Å². The fraction of sp³-hybridized carbons (Fsp3) is 1.00. The molecule has 0 aromatic rings. The Hall–Kier alpha value is 0.137. The molecule has 0 aliphatic carbocycles. The Labute approximate surface area is 186 Å². The Morgan fingerprint density at radius 1 is 0.379 bits per heavy atom. The van der Waals surface area contributed by atoms with Gasteiger partial charge in [-0.3, -0.25) is 0 Å². The highest BCUT2D eigenvalue weighted by Gasteiger charge is 2.35. The van der Waals surface area contributed by atoms with Crippen LogP contribution in [0.15, 0.2) is 0 Å². The zero-order valence-corrected chi connectivity index (χ0v) is 21.9. The molecule has 0 fully saturated rings. The maximum atomic E-state index is 6.33. The molecule has 0 saturated carbocycles. The molecular formula is C26H56O2Si. The van der Waals surface area contributed by atoms with Crippen LogP contribution in [0, 0.1) is 0 Å². The van der Waals surface area contributed by atoms with Gasteiger partial charge in [-0.05, 0) is 25.9 Å². The van der Waals surface area contributed by atoms with Gasteiger partial charge in [0, 0.05) is 13.2 Å². The van der Waals surface area contributed by atoms with Gasteiger partial charge in [-0.1, -0.05) is 129 Å². The van der Waals surface area contributed by atoms with E-state index in [9.17, 15) is 0 Å². The van der Waals surface area contributed by atoms with Crippen molar-refractivity contribution >= 4 is 8.56 Å². The van der Waals surface area contributed by atoms with Crippen molar-refractivity contribution in [2.75, 3.05) is 13.2 Å². The van der Waals surface area contributed by atoms with Gasteiger partial charge in [0.1, 0.15) is 0 Å². The van der Waals surface area contributed by atoms with Crippen LogP contribution in [-0.2, 0) is 8.85 Å². The van der Waals surface area contributed by atoms with E-state index in [4.69, 9.17) is 8.85 Å². The second kappa shape index (κ2) is 22.8. The maximum absolute atomic E-state index is 6.33. The van der Waals surface area contributed by atoms with Crippen LogP contribution in [0.5, 0.6) is 0 Å². The highest BCUT2D eigenvalue weighted by Crippen LogP contribution is 2.26. The monoisotopic (exact) mass is 428 g/mol. The van der Waals surface area contributed by atoms with Crippen LogP contribution < -0.4 is 0 Å². The summed E-state index contributed by atoms with van der Waals surface area (Å²) >= 11 is 0. The van der Waals surface area contributed by atoms with Crippen LogP contribution in [0.4, 0.5) is 0 Å². The fourth-order valence-corrected chi connectivity index (χ4v) is 7.93. The van der Waals surface area contributed by atoms with Gasteiger partial charge in [0.15, 0.2) is 0 Å². The summed E-state index contributed by atoms with van der Waals surface area (Å²) in [6, 6.07) is 2.42.